The molecule has 0 aromatic heterocycles. The van der Waals surface area contributed by atoms with Gasteiger partial charge in [-0.1, -0.05) is 42.5 Å². The molecule has 2 saturated heterocycles. The summed E-state index contributed by atoms with van der Waals surface area (Å²) < 4.78 is 5.49. The monoisotopic (exact) mass is 350 g/mol. The SMILES string of the molecule is CCOc1ccc(CC(=O)N2C[C@@H]3CNC[C@@H]3[C@@H]2c2ccccc2)cc1. The Labute approximate surface area is 155 Å². The molecular formula is C22H26N2O2. The van der Waals surface area contributed by atoms with E-state index in [-0.39, 0.29) is 11.9 Å². The minimum atomic E-state index is 0.186. The normalized spacial score (nSPS) is 24.5. The van der Waals surface area contributed by atoms with Crippen molar-refractivity contribution in [3.63, 3.8) is 0 Å². The predicted octanol–water partition coefficient (Wildman–Crippen LogP) is 3.05. The van der Waals surface area contributed by atoms with E-state index in [1.807, 2.05) is 37.3 Å². The average molecular weight is 350 g/mol. The van der Waals surface area contributed by atoms with Gasteiger partial charge in [0, 0.05) is 25.6 Å². The fraction of sp³-hybridized carbons (Fsp3) is 0.409. The molecule has 4 rings (SSSR count). The third-order valence-corrected chi connectivity index (χ3v) is 5.62. The van der Waals surface area contributed by atoms with E-state index in [4.69, 9.17) is 4.74 Å². The van der Waals surface area contributed by atoms with Crippen LogP contribution in [0.4, 0.5) is 0 Å². The van der Waals surface area contributed by atoms with Crippen LogP contribution in [0.3, 0.4) is 0 Å². The van der Waals surface area contributed by atoms with E-state index in [0.29, 0.717) is 24.9 Å². The van der Waals surface area contributed by atoms with Crippen molar-refractivity contribution in [2.45, 2.75) is 19.4 Å². The van der Waals surface area contributed by atoms with Crippen molar-refractivity contribution in [2.75, 3.05) is 26.2 Å². The standard InChI is InChI=1S/C22H26N2O2/c1-2-26-19-10-8-16(9-11-19)12-21(25)24-15-18-13-23-14-20(18)22(24)17-6-4-3-5-7-17/h3-11,18,20,22-23H,2,12-15H2,1H3/t18-,20-,22-/m0/s1. The Bertz CT molecular complexity index is 744. The van der Waals surface area contributed by atoms with E-state index in [2.05, 4.69) is 34.5 Å². The summed E-state index contributed by atoms with van der Waals surface area (Å²) in [5, 5.41) is 3.50. The molecule has 2 aliphatic rings. The molecule has 2 fully saturated rings. The van der Waals surface area contributed by atoms with Crippen molar-refractivity contribution in [1.29, 1.82) is 0 Å². The maximum absolute atomic E-state index is 13.1. The van der Waals surface area contributed by atoms with E-state index < -0.39 is 0 Å². The van der Waals surface area contributed by atoms with Crippen molar-refractivity contribution >= 4 is 5.91 Å². The zero-order chi connectivity index (χ0) is 17.9. The first-order valence-electron chi connectivity index (χ1n) is 9.53. The van der Waals surface area contributed by atoms with E-state index in [1.54, 1.807) is 0 Å². The Morgan fingerprint density at radius 2 is 1.88 bits per heavy atom. The molecule has 4 nitrogen and oxygen atoms in total. The van der Waals surface area contributed by atoms with Gasteiger partial charge < -0.3 is 15.0 Å². The lowest BCUT2D eigenvalue weighted by molar-refractivity contribution is -0.131. The number of hydrogen-bond donors (Lipinski definition) is 1. The number of amides is 1. The Balaban J connectivity index is 1.52. The van der Waals surface area contributed by atoms with Crippen LogP contribution in [0.5, 0.6) is 5.75 Å². The number of likely N-dealkylation sites (tertiary alicyclic amines) is 1. The van der Waals surface area contributed by atoms with Crippen LogP contribution in [0.25, 0.3) is 0 Å². The first kappa shape index (κ1) is 17.1. The number of nitrogens with zero attached hydrogens (tertiary/aromatic N) is 1. The van der Waals surface area contributed by atoms with Crippen molar-refractivity contribution in [3.8, 4) is 5.75 Å². The first-order valence-corrected chi connectivity index (χ1v) is 9.53. The summed E-state index contributed by atoms with van der Waals surface area (Å²) in [6.07, 6.45) is 0.447. The number of hydrogen-bond acceptors (Lipinski definition) is 3. The van der Waals surface area contributed by atoms with Gasteiger partial charge in [0.25, 0.3) is 0 Å². The molecule has 0 bridgehead atoms. The van der Waals surface area contributed by atoms with Crippen LogP contribution < -0.4 is 10.1 Å². The number of nitrogens with one attached hydrogen (secondary N) is 1. The smallest absolute Gasteiger partial charge is 0.227 e. The Morgan fingerprint density at radius 1 is 1.12 bits per heavy atom. The molecule has 2 aromatic carbocycles. The molecule has 0 aliphatic carbocycles. The molecule has 2 aromatic rings. The summed E-state index contributed by atoms with van der Waals surface area (Å²) in [6, 6.07) is 18.6. The summed E-state index contributed by atoms with van der Waals surface area (Å²) in [7, 11) is 0. The van der Waals surface area contributed by atoms with Gasteiger partial charge in [-0.3, -0.25) is 4.79 Å². The molecule has 1 N–H and O–H groups in total. The highest BCUT2D eigenvalue weighted by atomic mass is 16.5. The van der Waals surface area contributed by atoms with Crippen LogP contribution in [-0.4, -0.2) is 37.0 Å². The quantitative estimate of drug-likeness (QED) is 0.901. The second-order valence-corrected chi connectivity index (χ2v) is 7.24. The first-order chi connectivity index (χ1) is 12.8. The Kier molecular flexibility index (Phi) is 4.93. The molecular weight excluding hydrogens is 324 g/mol. The third-order valence-electron chi connectivity index (χ3n) is 5.62. The molecule has 3 atom stereocenters. The van der Waals surface area contributed by atoms with Crippen LogP contribution in [0.2, 0.25) is 0 Å². The molecule has 2 heterocycles. The van der Waals surface area contributed by atoms with Gasteiger partial charge in [0.2, 0.25) is 5.91 Å². The molecule has 1 amide bonds. The van der Waals surface area contributed by atoms with Crippen molar-refractivity contribution in [2.24, 2.45) is 11.8 Å². The van der Waals surface area contributed by atoms with E-state index in [1.165, 1.54) is 5.56 Å². The summed E-state index contributed by atoms with van der Waals surface area (Å²) in [6.45, 7) is 5.49. The van der Waals surface area contributed by atoms with Crippen LogP contribution in [-0.2, 0) is 11.2 Å². The average Bonchev–Trinajstić information content (AvgIpc) is 3.25. The number of fused-ring (bicyclic) bond motifs is 1. The molecule has 4 heteroatoms. The molecule has 0 unspecified atom stereocenters. The zero-order valence-corrected chi connectivity index (χ0v) is 15.2. The molecule has 0 saturated carbocycles. The van der Waals surface area contributed by atoms with Gasteiger partial charge in [-0.2, -0.15) is 0 Å². The lowest BCUT2D eigenvalue weighted by atomic mass is 9.89. The largest absolute Gasteiger partial charge is 0.494 e. The number of carbonyl (C=O) groups is 1. The number of carbonyl (C=O) groups excluding carboxylic acids is 1. The summed E-state index contributed by atoms with van der Waals surface area (Å²) in [5.74, 6) is 2.15. The second kappa shape index (κ2) is 7.50. The lowest BCUT2D eigenvalue weighted by Crippen LogP contribution is -2.35. The fourth-order valence-electron chi connectivity index (χ4n) is 4.40. The van der Waals surface area contributed by atoms with Gasteiger partial charge in [0.15, 0.2) is 0 Å². The number of ether oxygens (including phenoxy) is 1. The minimum Gasteiger partial charge on any atom is -0.494 e. The summed E-state index contributed by atoms with van der Waals surface area (Å²) >= 11 is 0. The predicted molar refractivity (Wildman–Crippen MR) is 102 cm³/mol. The van der Waals surface area contributed by atoms with Gasteiger partial charge in [0.1, 0.15) is 5.75 Å². The second-order valence-electron chi connectivity index (χ2n) is 7.24. The molecule has 0 spiro atoms. The van der Waals surface area contributed by atoms with E-state index >= 15 is 0 Å². The maximum atomic E-state index is 13.1. The van der Waals surface area contributed by atoms with Crippen molar-refractivity contribution < 1.29 is 9.53 Å². The Morgan fingerprint density at radius 3 is 2.62 bits per heavy atom. The van der Waals surface area contributed by atoms with Crippen molar-refractivity contribution in [3.05, 3.63) is 65.7 Å². The van der Waals surface area contributed by atoms with Gasteiger partial charge >= 0.3 is 0 Å². The molecule has 0 radical (unpaired) electrons. The van der Waals surface area contributed by atoms with E-state index in [0.717, 1.165) is 30.9 Å². The van der Waals surface area contributed by atoms with E-state index in [9.17, 15) is 4.79 Å². The van der Waals surface area contributed by atoms with Gasteiger partial charge in [-0.05, 0) is 36.1 Å². The summed E-state index contributed by atoms with van der Waals surface area (Å²) in [4.78, 5) is 15.2. The Hall–Kier alpha value is -2.33. The minimum absolute atomic E-state index is 0.186. The lowest BCUT2D eigenvalue weighted by Gasteiger charge is -2.28. The molecule has 136 valence electrons. The zero-order valence-electron chi connectivity index (χ0n) is 15.2. The number of rotatable bonds is 5. The number of benzene rings is 2. The third kappa shape index (κ3) is 3.34. The highest BCUT2D eigenvalue weighted by Gasteiger charge is 2.46. The van der Waals surface area contributed by atoms with Gasteiger partial charge in [-0.15, -0.1) is 0 Å². The van der Waals surface area contributed by atoms with Crippen LogP contribution in [0, 0.1) is 11.8 Å². The highest BCUT2D eigenvalue weighted by molar-refractivity contribution is 5.79. The highest BCUT2D eigenvalue weighted by Crippen LogP contribution is 2.42. The van der Waals surface area contributed by atoms with Crippen LogP contribution in [0.1, 0.15) is 24.1 Å². The topological polar surface area (TPSA) is 41.6 Å². The van der Waals surface area contributed by atoms with Gasteiger partial charge in [0.05, 0.1) is 19.1 Å². The fourth-order valence-corrected chi connectivity index (χ4v) is 4.40. The van der Waals surface area contributed by atoms with Gasteiger partial charge in [-0.25, -0.2) is 0 Å². The summed E-state index contributed by atoms with van der Waals surface area (Å²) in [5.41, 5.74) is 2.30. The maximum Gasteiger partial charge on any atom is 0.227 e. The molecule has 26 heavy (non-hydrogen) atoms. The van der Waals surface area contributed by atoms with Crippen LogP contribution >= 0.6 is 0 Å². The molecule has 2 aliphatic heterocycles. The van der Waals surface area contributed by atoms with Crippen molar-refractivity contribution in [1.82, 2.24) is 10.2 Å². The van der Waals surface area contributed by atoms with Crippen LogP contribution in [0.15, 0.2) is 54.6 Å².